The lowest BCUT2D eigenvalue weighted by Crippen LogP contribution is -2.35. The summed E-state index contributed by atoms with van der Waals surface area (Å²) in [4.78, 5) is 6.35. The Morgan fingerprint density at radius 2 is 1.95 bits per heavy atom. The number of hydrogen-bond acceptors (Lipinski definition) is 4. The molecule has 106 valence electrons. The summed E-state index contributed by atoms with van der Waals surface area (Å²) in [6, 6.07) is 14.2. The van der Waals surface area contributed by atoms with Crippen LogP contribution >= 0.6 is 0 Å². The van der Waals surface area contributed by atoms with Gasteiger partial charge in [0, 0.05) is 38.1 Å². The number of benzene rings is 1. The summed E-state index contributed by atoms with van der Waals surface area (Å²) in [6.45, 7) is 1.96. The number of aromatic nitrogens is 1. The van der Waals surface area contributed by atoms with Gasteiger partial charge in [0.2, 0.25) is 0 Å². The molecule has 0 aliphatic carbocycles. The van der Waals surface area contributed by atoms with E-state index in [0.717, 1.165) is 12.1 Å². The van der Waals surface area contributed by atoms with Gasteiger partial charge in [0.25, 0.3) is 0 Å². The number of nitrogens with two attached hydrogens (primary N) is 1. The van der Waals surface area contributed by atoms with Gasteiger partial charge in [-0.25, -0.2) is 0 Å². The van der Waals surface area contributed by atoms with Crippen LogP contribution in [0.3, 0.4) is 0 Å². The van der Waals surface area contributed by atoms with Gasteiger partial charge in [0.15, 0.2) is 0 Å². The van der Waals surface area contributed by atoms with E-state index in [4.69, 9.17) is 5.73 Å². The molecular formula is C16H21N3O. The highest BCUT2D eigenvalue weighted by molar-refractivity contribution is 5.18. The smallest absolute Gasteiger partial charge is 0.0558 e. The van der Waals surface area contributed by atoms with Gasteiger partial charge in [0.05, 0.1) is 6.61 Å². The van der Waals surface area contributed by atoms with Crippen LogP contribution < -0.4 is 5.73 Å². The Morgan fingerprint density at radius 1 is 1.15 bits per heavy atom. The van der Waals surface area contributed by atoms with Gasteiger partial charge in [-0.05, 0) is 17.2 Å². The average molecular weight is 271 g/mol. The largest absolute Gasteiger partial charge is 0.395 e. The van der Waals surface area contributed by atoms with Crippen LogP contribution in [0.4, 0.5) is 0 Å². The molecule has 0 aliphatic rings. The molecule has 0 spiro atoms. The minimum atomic E-state index is 0.0658. The summed E-state index contributed by atoms with van der Waals surface area (Å²) in [5.74, 6) is 0. The van der Waals surface area contributed by atoms with Crippen LogP contribution in [0.1, 0.15) is 17.2 Å². The molecule has 1 unspecified atom stereocenters. The van der Waals surface area contributed by atoms with Crippen LogP contribution in [0.2, 0.25) is 0 Å². The summed E-state index contributed by atoms with van der Waals surface area (Å²) in [5, 5.41) is 9.31. The van der Waals surface area contributed by atoms with E-state index in [2.05, 4.69) is 22.0 Å². The first-order valence-corrected chi connectivity index (χ1v) is 6.84. The van der Waals surface area contributed by atoms with Gasteiger partial charge < -0.3 is 10.8 Å². The van der Waals surface area contributed by atoms with Gasteiger partial charge in [-0.15, -0.1) is 0 Å². The SMILES string of the molecule is NCC(c1cccnc1)N(CCO)Cc1ccccc1. The molecule has 20 heavy (non-hydrogen) atoms. The Labute approximate surface area is 119 Å². The molecule has 0 saturated carbocycles. The maximum absolute atomic E-state index is 9.31. The summed E-state index contributed by atoms with van der Waals surface area (Å²) in [5.41, 5.74) is 8.23. The topological polar surface area (TPSA) is 62.4 Å². The van der Waals surface area contributed by atoms with E-state index < -0.39 is 0 Å². The van der Waals surface area contributed by atoms with Gasteiger partial charge >= 0.3 is 0 Å². The van der Waals surface area contributed by atoms with Crippen molar-refractivity contribution in [1.82, 2.24) is 9.88 Å². The third-order valence-corrected chi connectivity index (χ3v) is 3.35. The molecule has 0 aliphatic heterocycles. The number of rotatable bonds is 7. The van der Waals surface area contributed by atoms with Crippen molar-refractivity contribution in [1.29, 1.82) is 0 Å². The number of aliphatic hydroxyl groups excluding tert-OH is 1. The van der Waals surface area contributed by atoms with Crippen molar-refractivity contribution in [2.45, 2.75) is 12.6 Å². The average Bonchev–Trinajstić information content (AvgIpc) is 2.50. The van der Waals surface area contributed by atoms with Crippen LogP contribution in [0.25, 0.3) is 0 Å². The molecule has 4 heteroatoms. The molecule has 1 aromatic heterocycles. The first kappa shape index (κ1) is 14.7. The second-order valence-corrected chi connectivity index (χ2v) is 4.72. The molecule has 0 radical (unpaired) electrons. The molecule has 4 nitrogen and oxygen atoms in total. The van der Waals surface area contributed by atoms with Crippen molar-refractivity contribution >= 4 is 0 Å². The van der Waals surface area contributed by atoms with E-state index in [1.54, 1.807) is 6.20 Å². The fourth-order valence-electron chi connectivity index (χ4n) is 2.36. The van der Waals surface area contributed by atoms with Gasteiger partial charge in [-0.3, -0.25) is 9.88 Å². The minimum absolute atomic E-state index is 0.0658. The van der Waals surface area contributed by atoms with Crippen LogP contribution in [0, 0.1) is 0 Å². The van der Waals surface area contributed by atoms with Crippen molar-refractivity contribution in [3.05, 3.63) is 66.0 Å². The zero-order valence-electron chi connectivity index (χ0n) is 11.5. The normalized spacial score (nSPS) is 12.6. The second-order valence-electron chi connectivity index (χ2n) is 4.72. The Bertz CT molecular complexity index is 490. The summed E-state index contributed by atoms with van der Waals surface area (Å²) >= 11 is 0. The van der Waals surface area contributed by atoms with Crippen molar-refractivity contribution < 1.29 is 5.11 Å². The molecule has 0 fully saturated rings. The van der Waals surface area contributed by atoms with E-state index in [-0.39, 0.29) is 12.6 Å². The molecule has 1 aromatic carbocycles. The predicted molar refractivity (Wildman–Crippen MR) is 80.0 cm³/mol. The summed E-state index contributed by atoms with van der Waals surface area (Å²) in [6.07, 6.45) is 3.59. The quantitative estimate of drug-likeness (QED) is 0.802. The Balaban J connectivity index is 2.17. The van der Waals surface area contributed by atoms with E-state index in [9.17, 15) is 5.11 Å². The van der Waals surface area contributed by atoms with Crippen molar-refractivity contribution in [3.63, 3.8) is 0 Å². The third kappa shape index (κ3) is 3.87. The van der Waals surface area contributed by atoms with Gasteiger partial charge in [-0.1, -0.05) is 36.4 Å². The van der Waals surface area contributed by atoms with Gasteiger partial charge in [-0.2, -0.15) is 0 Å². The molecular weight excluding hydrogens is 250 g/mol. The highest BCUT2D eigenvalue weighted by atomic mass is 16.3. The zero-order valence-corrected chi connectivity index (χ0v) is 11.5. The Morgan fingerprint density at radius 3 is 2.55 bits per heavy atom. The highest BCUT2D eigenvalue weighted by Crippen LogP contribution is 2.20. The molecule has 3 N–H and O–H groups in total. The summed E-state index contributed by atoms with van der Waals surface area (Å²) in [7, 11) is 0. The number of aliphatic hydroxyl groups is 1. The highest BCUT2D eigenvalue weighted by Gasteiger charge is 2.19. The predicted octanol–water partition coefficient (Wildman–Crippen LogP) is 1.58. The number of pyridine rings is 1. The van der Waals surface area contributed by atoms with Crippen LogP contribution in [-0.4, -0.2) is 34.7 Å². The van der Waals surface area contributed by atoms with Crippen molar-refractivity contribution in [2.75, 3.05) is 19.7 Å². The number of hydrogen-bond donors (Lipinski definition) is 2. The van der Waals surface area contributed by atoms with E-state index in [1.165, 1.54) is 5.56 Å². The Hall–Kier alpha value is -1.75. The molecule has 1 heterocycles. The molecule has 1 atom stereocenters. The van der Waals surface area contributed by atoms with Gasteiger partial charge in [0.1, 0.15) is 0 Å². The maximum Gasteiger partial charge on any atom is 0.0558 e. The fraction of sp³-hybridized carbons (Fsp3) is 0.312. The molecule has 2 aromatic rings. The maximum atomic E-state index is 9.31. The standard InChI is InChI=1S/C16H21N3O/c17-11-16(15-7-4-8-18-12-15)19(9-10-20)13-14-5-2-1-3-6-14/h1-8,12,16,20H,9-11,13,17H2. The fourth-order valence-corrected chi connectivity index (χ4v) is 2.36. The molecule has 2 rings (SSSR count). The first-order chi connectivity index (χ1) is 9.85. The summed E-state index contributed by atoms with van der Waals surface area (Å²) < 4.78 is 0. The molecule has 0 amide bonds. The van der Waals surface area contributed by atoms with Crippen LogP contribution in [0.15, 0.2) is 54.9 Å². The van der Waals surface area contributed by atoms with E-state index >= 15 is 0 Å². The minimum Gasteiger partial charge on any atom is -0.395 e. The first-order valence-electron chi connectivity index (χ1n) is 6.84. The van der Waals surface area contributed by atoms with E-state index in [1.807, 2.05) is 36.5 Å². The lowest BCUT2D eigenvalue weighted by Gasteiger charge is -2.30. The van der Waals surface area contributed by atoms with Crippen LogP contribution in [-0.2, 0) is 6.54 Å². The molecule has 0 bridgehead atoms. The van der Waals surface area contributed by atoms with Crippen LogP contribution in [0.5, 0.6) is 0 Å². The lowest BCUT2D eigenvalue weighted by molar-refractivity contribution is 0.146. The third-order valence-electron chi connectivity index (χ3n) is 3.35. The second kappa shape index (κ2) is 7.75. The van der Waals surface area contributed by atoms with E-state index in [0.29, 0.717) is 13.1 Å². The van der Waals surface area contributed by atoms with Crippen molar-refractivity contribution in [2.24, 2.45) is 5.73 Å². The lowest BCUT2D eigenvalue weighted by atomic mass is 10.1. The number of nitrogens with zero attached hydrogens (tertiary/aromatic N) is 2. The zero-order chi connectivity index (χ0) is 14.2. The Kier molecular flexibility index (Phi) is 5.68. The monoisotopic (exact) mass is 271 g/mol. The molecule has 0 saturated heterocycles. The van der Waals surface area contributed by atoms with Crippen molar-refractivity contribution in [3.8, 4) is 0 Å².